The molecule has 1 heteroatoms. The maximum Gasteiger partial charge on any atom is 0.0678 e. The normalized spacial score (nSPS) is 33.8. The molecule has 0 aromatic rings. The second-order valence-corrected chi connectivity index (χ2v) is 4.21. The molecule has 0 radical (unpaired) electrons. The summed E-state index contributed by atoms with van der Waals surface area (Å²) in [5.41, 5.74) is -0.244. The standard InChI is InChI=1S/C11H22O/c1-3-5-6-7-8-10-9-11(10,12)4-2/h10,12H,3-9H2,1-2H3/t10-,11-/m0/s1. The first-order chi connectivity index (χ1) is 5.73. The van der Waals surface area contributed by atoms with Gasteiger partial charge in [0.1, 0.15) is 0 Å². The van der Waals surface area contributed by atoms with Crippen LogP contribution in [-0.2, 0) is 0 Å². The summed E-state index contributed by atoms with van der Waals surface area (Å²) in [5, 5.41) is 9.75. The van der Waals surface area contributed by atoms with Gasteiger partial charge in [0.05, 0.1) is 5.60 Å². The van der Waals surface area contributed by atoms with E-state index in [9.17, 15) is 5.11 Å². The Morgan fingerprint density at radius 1 is 1.25 bits per heavy atom. The quantitative estimate of drug-likeness (QED) is 0.607. The molecule has 0 amide bonds. The Hall–Kier alpha value is -0.0400. The summed E-state index contributed by atoms with van der Waals surface area (Å²) in [6.07, 6.45) is 8.61. The van der Waals surface area contributed by atoms with Crippen LogP contribution in [-0.4, -0.2) is 10.7 Å². The highest BCUT2D eigenvalue weighted by Crippen LogP contribution is 2.48. The minimum atomic E-state index is -0.244. The summed E-state index contributed by atoms with van der Waals surface area (Å²) in [6.45, 7) is 4.32. The van der Waals surface area contributed by atoms with Gasteiger partial charge in [-0.3, -0.25) is 0 Å². The van der Waals surface area contributed by atoms with Gasteiger partial charge in [-0.1, -0.05) is 39.5 Å². The van der Waals surface area contributed by atoms with E-state index in [4.69, 9.17) is 0 Å². The van der Waals surface area contributed by atoms with Crippen molar-refractivity contribution in [3.8, 4) is 0 Å². The van der Waals surface area contributed by atoms with Gasteiger partial charge in [-0.15, -0.1) is 0 Å². The molecular formula is C11H22O. The molecule has 0 aromatic carbocycles. The number of aliphatic hydroxyl groups is 1. The number of unbranched alkanes of at least 4 members (excludes halogenated alkanes) is 3. The zero-order valence-electron chi connectivity index (χ0n) is 8.47. The lowest BCUT2D eigenvalue weighted by Crippen LogP contribution is -2.08. The van der Waals surface area contributed by atoms with Crippen molar-refractivity contribution in [1.82, 2.24) is 0 Å². The van der Waals surface area contributed by atoms with Gasteiger partial charge in [-0.05, 0) is 25.2 Å². The maximum absolute atomic E-state index is 9.75. The van der Waals surface area contributed by atoms with E-state index in [1.54, 1.807) is 0 Å². The molecule has 1 aliphatic carbocycles. The van der Waals surface area contributed by atoms with Gasteiger partial charge in [-0.25, -0.2) is 0 Å². The van der Waals surface area contributed by atoms with Gasteiger partial charge >= 0.3 is 0 Å². The smallest absolute Gasteiger partial charge is 0.0678 e. The third-order valence-electron chi connectivity index (χ3n) is 3.22. The van der Waals surface area contributed by atoms with E-state index in [0.29, 0.717) is 5.92 Å². The van der Waals surface area contributed by atoms with Crippen molar-refractivity contribution in [2.45, 2.75) is 64.4 Å². The molecule has 12 heavy (non-hydrogen) atoms. The third kappa shape index (κ3) is 2.48. The SMILES string of the molecule is CCCCCC[C@H]1C[C@@]1(O)CC. The fourth-order valence-corrected chi connectivity index (χ4v) is 1.99. The Kier molecular flexibility index (Phi) is 3.57. The van der Waals surface area contributed by atoms with E-state index in [-0.39, 0.29) is 5.60 Å². The fraction of sp³-hybridized carbons (Fsp3) is 1.00. The Balaban J connectivity index is 1.97. The Morgan fingerprint density at radius 2 is 2.00 bits per heavy atom. The van der Waals surface area contributed by atoms with Crippen molar-refractivity contribution in [2.24, 2.45) is 5.92 Å². The molecule has 0 spiro atoms. The zero-order valence-corrected chi connectivity index (χ0v) is 8.47. The van der Waals surface area contributed by atoms with Crippen LogP contribution in [0, 0.1) is 5.92 Å². The van der Waals surface area contributed by atoms with Crippen LogP contribution in [0.4, 0.5) is 0 Å². The minimum Gasteiger partial charge on any atom is -0.390 e. The van der Waals surface area contributed by atoms with E-state index >= 15 is 0 Å². The lowest BCUT2D eigenvalue weighted by atomic mass is 10.1. The number of hydrogen-bond donors (Lipinski definition) is 1. The van der Waals surface area contributed by atoms with Gasteiger partial charge < -0.3 is 5.11 Å². The number of hydrogen-bond acceptors (Lipinski definition) is 1. The van der Waals surface area contributed by atoms with Crippen molar-refractivity contribution in [1.29, 1.82) is 0 Å². The molecule has 0 aromatic heterocycles. The Labute approximate surface area is 76.2 Å². The average Bonchev–Trinajstić information content (AvgIpc) is 2.73. The zero-order chi connectivity index (χ0) is 9.03. The summed E-state index contributed by atoms with van der Waals surface area (Å²) < 4.78 is 0. The van der Waals surface area contributed by atoms with Gasteiger partial charge in [0.2, 0.25) is 0 Å². The molecule has 1 N–H and O–H groups in total. The van der Waals surface area contributed by atoms with Crippen molar-refractivity contribution in [2.75, 3.05) is 0 Å². The molecule has 0 aliphatic heterocycles. The first kappa shape index (κ1) is 10.0. The average molecular weight is 170 g/mol. The molecule has 1 saturated carbocycles. The van der Waals surface area contributed by atoms with Crippen molar-refractivity contribution in [3.05, 3.63) is 0 Å². The molecule has 0 saturated heterocycles. The molecule has 0 bridgehead atoms. The van der Waals surface area contributed by atoms with E-state index in [2.05, 4.69) is 13.8 Å². The Morgan fingerprint density at radius 3 is 2.50 bits per heavy atom. The molecule has 0 unspecified atom stereocenters. The molecule has 2 atom stereocenters. The van der Waals surface area contributed by atoms with Crippen LogP contribution in [0.5, 0.6) is 0 Å². The Bertz CT molecular complexity index is 133. The third-order valence-corrected chi connectivity index (χ3v) is 3.22. The molecular weight excluding hydrogens is 148 g/mol. The van der Waals surface area contributed by atoms with Crippen LogP contribution < -0.4 is 0 Å². The van der Waals surface area contributed by atoms with Crippen molar-refractivity contribution in [3.63, 3.8) is 0 Å². The van der Waals surface area contributed by atoms with Crippen LogP contribution in [0.1, 0.15) is 58.8 Å². The van der Waals surface area contributed by atoms with Crippen LogP contribution >= 0.6 is 0 Å². The van der Waals surface area contributed by atoms with Crippen LogP contribution in [0.2, 0.25) is 0 Å². The number of rotatable bonds is 6. The lowest BCUT2D eigenvalue weighted by Gasteiger charge is -2.05. The summed E-state index contributed by atoms with van der Waals surface area (Å²) in [6, 6.07) is 0. The second kappa shape index (κ2) is 4.27. The molecule has 1 rings (SSSR count). The van der Waals surface area contributed by atoms with Crippen molar-refractivity contribution >= 4 is 0 Å². The van der Waals surface area contributed by atoms with Gasteiger partial charge in [-0.2, -0.15) is 0 Å². The van der Waals surface area contributed by atoms with Gasteiger partial charge in [0.15, 0.2) is 0 Å². The first-order valence-corrected chi connectivity index (χ1v) is 5.45. The molecule has 1 aliphatic rings. The summed E-state index contributed by atoms with van der Waals surface area (Å²) in [5.74, 6) is 0.638. The highest BCUT2D eigenvalue weighted by molar-refractivity contribution is 5.01. The first-order valence-electron chi connectivity index (χ1n) is 5.45. The summed E-state index contributed by atoms with van der Waals surface area (Å²) in [4.78, 5) is 0. The largest absolute Gasteiger partial charge is 0.390 e. The van der Waals surface area contributed by atoms with Crippen LogP contribution in [0.15, 0.2) is 0 Å². The topological polar surface area (TPSA) is 20.2 Å². The summed E-state index contributed by atoms with van der Waals surface area (Å²) >= 11 is 0. The highest BCUT2D eigenvalue weighted by atomic mass is 16.3. The van der Waals surface area contributed by atoms with Gasteiger partial charge in [0.25, 0.3) is 0 Å². The van der Waals surface area contributed by atoms with E-state index < -0.39 is 0 Å². The highest BCUT2D eigenvalue weighted by Gasteiger charge is 2.50. The molecule has 1 fully saturated rings. The predicted molar refractivity (Wildman–Crippen MR) is 52.1 cm³/mol. The molecule has 72 valence electrons. The predicted octanol–water partition coefficient (Wildman–Crippen LogP) is 3.12. The van der Waals surface area contributed by atoms with E-state index in [0.717, 1.165) is 12.8 Å². The van der Waals surface area contributed by atoms with Crippen LogP contribution in [0.3, 0.4) is 0 Å². The lowest BCUT2D eigenvalue weighted by molar-refractivity contribution is 0.124. The fourth-order valence-electron chi connectivity index (χ4n) is 1.99. The molecule has 0 heterocycles. The van der Waals surface area contributed by atoms with Gasteiger partial charge in [0, 0.05) is 0 Å². The minimum absolute atomic E-state index is 0.244. The van der Waals surface area contributed by atoms with E-state index in [1.807, 2.05) is 0 Å². The second-order valence-electron chi connectivity index (χ2n) is 4.21. The van der Waals surface area contributed by atoms with Crippen molar-refractivity contribution < 1.29 is 5.11 Å². The monoisotopic (exact) mass is 170 g/mol. The van der Waals surface area contributed by atoms with Crippen LogP contribution in [0.25, 0.3) is 0 Å². The molecule has 1 nitrogen and oxygen atoms in total. The summed E-state index contributed by atoms with van der Waals surface area (Å²) in [7, 11) is 0. The van der Waals surface area contributed by atoms with E-state index in [1.165, 1.54) is 32.1 Å². The maximum atomic E-state index is 9.75.